The number of amides is 1. The molecule has 1 aliphatic rings. The molecule has 0 bridgehead atoms. The van der Waals surface area contributed by atoms with Crippen molar-refractivity contribution in [2.24, 2.45) is 16.4 Å². The molecule has 0 aromatic heterocycles. The normalized spacial score (nSPS) is 18.7. The van der Waals surface area contributed by atoms with E-state index in [1.807, 2.05) is 39.0 Å². The Morgan fingerprint density at radius 3 is 2.59 bits per heavy atom. The summed E-state index contributed by atoms with van der Waals surface area (Å²) in [6, 6.07) is 8.50. The maximum atomic E-state index is 12.3. The Morgan fingerprint density at radius 2 is 2.00 bits per heavy atom. The van der Waals surface area contributed by atoms with Crippen LogP contribution in [0, 0.1) is 5.41 Å². The lowest BCUT2D eigenvalue weighted by molar-refractivity contribution is -0.133. The predicted molar refractivity (Wildman–Crippen MR) is 88.1 cm³/mol. The van der Waals surface area contributed by atoms with Crippen LogP contribution < -0.4 is 11.3 Å². The van der Waals surface area contributed by atoms with Gasteiger partial charge in [0.15, 0.2) is 5.78 Å². The average molecular weight is 320 g/mol. The van der Waals surface area contributed by atoms with E-state index in [9.17, 15) is 9.59 Å². The summed E-state index contributed by atoms with van der Waals surface area (Å²) in [7, 11) is 0. The van der Waals surface area contributed by atoms with E-state index >= 15 is 0 Å². The summed E-state index contributed by atoms with van der Waals surface area (Å²) in [6.45, 7) is 5.80. The highest BCUT2D eigenvalue weighted by atomic mass is 32.2. The second kappa shape index (κ2) is 6.50. The van der Waals surface area contributed by atoms with Crippen LogP contribution in [0.25, 0.3) is 0 Å². The van der Waals surface area contributed by atoms with Crippen LogP contribution in [-0.2, 0) is 4.79 Å². The zero-order chi connectivity index (χ0) is 16.3. The van der Waals surface area contributed by atoms with Crippen molar-refractivity contribution >= 4 is 28.6 Å². The van der Waals surface area contributed by atoms with E-state index in [1.165, 1.54) is 0 Å². The number of amidine groups is 1. The van der Waals surface area contributed by atoms with Crippen LogP contribution in [0.3, 0.4) is 0 Å². The number of rotatable bonds is 3. The monoisotopic (exact) mass is 320 g/mol. The second-order valence-electron chi connectivity index (χ2n) is 6.11. The Bertz CT molecular complexity index is 595. The van der Waals surface area contributed by atoms with E-state index in [-0.39, 0.29) is 22.9 Å². The van der Waals surface area contributed by atoms with Gasteiger partial charge >= 0.3 is 0 Å². The van der Waals surface area contributed by atoms with Crippen LogP contribution in [-0.4, -0.2) is 33.7 Å². The van der Waals surface area contributed by atoms with Crippen molar-refractivity contribution in [2.45, 2.75) is 26.8 Å². The van der Waals surface area contributed by atoms with E-state index in [1.54, 1.807) is 12.1 Å². The van der Waals surface area contributed by atoms with E-state index in [4.69, 9.17) is 5.84 Å². The number of carbonyl (C=O) groups is 2. The Kier molecular flexibility index (Phi) is 4.87. The lowest BCUT2D eigenvalue weighted by atomic mass is 9.86. The van der Waals surface area contributed by atoms with Gasteiger partial charge in [0.1, 0.15) is 6.04 Å². The molecule has 3 N–H and O–H groups in total. The second-order valence-corrected chi connectivity index (χ2v) is 7.05. The maximum absolute atomic E-state index is 12.3. The van der Waals surface area contributed by atoms with E-state index in [0.29, 0.717) is 10.7 Å². The minimum Gasteiger partial charge on any atom is -0.294 e. The molecule has 22 heavy (non-hydrogen) atoms. The Hall–Kier alpha value is -1.86. The molecule has 0 spiro atoms. The van der Waals surface area contributed by atoms with Crippen LogP contribution in [0.4, 0.5) is 0 Å². The number of thioether (sulfide) groups is 1. The minimum absolute atomic E-state index is 0.0351. The van der Waals surface area contributed by atoms with Gasteiger partial charge in [-0.1, -0.05) is 62.9 Å². The molecule has 118 valence electrons. The van der Waals surface area contributed by atoms with Gasteiger partial charge < -0.3 is 0 Å². The number of Topliss-reactive ketones (excluding diaryl/α,β-unsaturated/α-hetero) is 1. The van der Waals surface area contributed by atoms with E-state index < -0.39 is 6.04 Å². The summed E-state index contributed by atoms with van der Waals surface area (Å²) in [4.78, 5) is 24.3. The number of ketones is 1. The van der Waals surface area contributed by atoms with Gasteiger partial charge in [0.05, 0.1) is 5.75 Å². The zero-order valence-corrected chi connectivity index (χ0v) is 13.7. The Morgan fingerprint density at radius 1 is 1.36 bits per heavy atom. The number of hydrazine groups is 1. The van der Waals surface area contributed by atoms with Crippen molar-refractivity contribution in [2.75, 3.05) is 5.75 Å². The summed E-state index contributed by atoms with van der Waals surface area (Å²) in [5.41, 5.74) is 3.17. The molecule has 2 rings (SSSR count). The van der Waals surface area contributed by atoms with Crippen molar-refractivity contribution in [3.05, 3.63) is 35.9 Å². The molecular formula is C15H20N4O2S. The van der Waals surface area contributed by atoms with Crippen LogP contribution in [0.1, 0.15) is 31.1 Å². The number of nitrogens with two attached hydrogens (primary N) is 1. The summed E-state index contributed by atoms with van der Waals surface area (Å²) in [5.74, 6) is 5.70. The summed E-state index contributed by atoms with van der Waals surface area (Å²) in [6.07, 6.45) is 0. The fourth-order valence-corrected chi connectivity index (χ4v) is 2.74. The topological polar surface area (TPSA) is 87.8 Å². The van der Waals surface area contributed by atoms with Crippen molar-refractivity contribution in [3.8, 4) is 0 Å². The number of nitrogens with zero attached hydrogens (tertiary/aromatic N) is 2. The molecule has 1 aromatic rings. The molecule has 0 fully saturated rings. The third-order valence-corrected chi connectivity index (χ3v) is 4.23. The highest BCUT2D eigenvalue weighted by molar-refractivity contribution is 8.14. The van der Waals surface area contributed by atoms with Crippen LogP contribution >= 0.6 is 11.8 Å². The smallest absolute Gasteiger partial charge is 0.267 e. The van der Waals surface area contributed by atoms with Crippen molar-refractivity contribution in [1.82, 2.24) is 10.4 Å². The fourth-order valence-electron chi connectivity index (χ4n) is 1.97. The number of benzene rings is 1. The summed E-state index contributed by atoms with van der Waals surface area (Å²) < 4.78 is 0. The molecule has 1 unspecified atom stereocenters. The zero-order valence-electron chi connectivity index (χ0n) is 12.9. The highest BCUT2D eigenvalue weighted by Crippen LogP contribution is 2.24. The molecule has 1 atom stereocenters. The highest BCUT2D eigenvalue weighted by Gasteiger charge is 2.38. The van der Waals surface area contributed by atoms with Crippen LogP contribution in [0.15, 0.2) is 35.4 Å². The lowest BCUT2D eigenvalue weighted by Gasteiger charge is -2.35. The van der Waals surface area contributed by atoms with Gasteiger partial charge in [-0.15, -0.1) is 0 Å². The van der Waals surface area contributed by atoms with Gasteiger partial charge in [0.25, 0.3) is 5.91 Å². The van der Waals surface area contributed by atoms with Crippen molar-refractivity contribution < 1.29 is 9.59 Å². The van der Waals surface area contributed by atoms with Crippen LogP contribution in [0.2, 0.25) is 0 Å². The van der Waals surface area contributed by atoms with Gasteiger partial charge in [-0.25, -0.2) is 10.9 Å². The first-order chi connectivity index (χ1) is 10.3. The van der Waals surface area contributed by atoms with Gasteiger partial charge in [0.2, 0.25) is 5.17 Å². The molecule has 0 saturated carbocycles. The van der Waals surface area contributed by atoms with Crippen molar-refractivity contribution in [3.63, 3.8) is 0 Å². The van der Waals surface area contributed by atoms with Crippen molar-refractivity contribution in [1.29, 1.82) is 0 Å². The number of carbonyl (C=O) groups excluding carboxylic acids is 2. The molecular weight excluding hydrogens is 300 g/mol. The quantitative estimate of drug-likeness (QED) is 0.502. The summed E-state index contributed by atoms with van der Waals surface area (Å²) >= 11 is 1.14. The first-order valence-corrected chi connectivity index (χ1v) is 7.92. The third kappa shape index (κ3) is 3.66. The number of hydrogen-bond donors (Lipinski definition) is 2. The van der Waals surface area contributed by atoms with Gasteiger partial charge in [0, 0.05) is 5.56 Å². The lowest BCUT2D eigenvalue weighted by Crippen LogP contribution is -2.59. The van der Waals surface area contributed by atoms with E-state index in [0.717, 1.165) is 16.8 Å². The van der Waals surface area contributed by atoms with Gasteiger partial charge in [-0.2, -0.15) is 5.10 Å². The molecule has 1 aromatic carbocycles. The first kappa shape index (κ1) is 16.5. The molecule has 1 heterocycles. The molecule has 7 heteroatoms. The Labute approximate surface area is 134 Å². The SMILES string of the molecule is CC(C)(C)C1NN=C(SCC(=O)c2ccccc2)N(N)C1=O. The third-order valence-electron chi connectivity index (χ3n) is 3.27. The molecule has 1 amide bonds. The largest absolute Gasteiger partial charge is 0.294 e. The number of hydrogen-bond acceptors (Lipinski definition) is 6. The standard InChI is InChI=1S/C15H20N4O2S/c1-15(2,3)12-13(21)19(16)14(18-17-12)22-9-11(20)10-7-5-4-6-8-10/h4-8,12,17H,9,16H2,1-3H3. The molecule has 0 radical (unpaired) electrons. The number of nitrogens with one attached hydrogen (secondary N) is 1. The first-order valence-electron chi connectivity index (χ1n) is 6.93. The Balaban J connectivity index is 2.01. The molecule has 0 aliphatic carbocycles. The van der Waals surface area contributed by atoms with E-state index in [2.05, 4.69) is 10.5 Å². The molecule has 6 nitrogen and oxygen atoms in total. The number of hydrazone groups is 1. The minimum atomic E-state index is -0.480. The molecule has 0 saturated heterocycles. The summed E-state index contributed by atoms with van der Waals surface area (Å²) in [5, 5.41) is 5.46. The molecule has 1 aliphatic heterocycles. The predicted octanol–water partition coefficient (Wildman–Crippen LogP) is 1.59. The van der Waals surface area contributed by atoms with Gasteiger partial charge in [-0.05, 0) is 5.41 Å². The maximum Gasteiger partial charge on any atom is 0.267 e. The van der Waals surface area contributed by atoms with Crippen LogP contribution in [0.5, 0.6) is 0 Å². The van der Waals surface area contributed by atoms with Gasteiger partial charge in [-0.3, -0.25) is 15.0 Å². The fraction of sp³-hybridized carbons (Fsp3) is 0.400. The average Bonchev–Trinajstić information content (AvgIpc) is 2.48.